The predicted octanol–water partition coefficient (Wildman–Crippen LogP) is 2.88. The lowest BCUT2D eigenvalue weighted by atomic mass is 9.56. The number of rotatable bonds is 3. The Labute approximate surface area is 92.9 Å². The summed E-state index contributed by atoms with van der Waals surface area (Å²) in [6.07, 6.45) is 2.70. The molecule has 15 heavy (non-hydrogen) atoms. The van der Waals surface area contributed by atoms with Gasteiger partial charge in [0.15, 0.2) is 0 Å². The van der Waals surface area contributed by atoms with Crippen LogP contribution in [0.1, 0.15) is 30.9 Å². The Morgan fingerprint density at radius 3 is 2.60 bits per heavy atom. The minimum Gasteiger partial charge on any atom is -0.319 e. The second-order valence-electron chi connectivity index (χ2n) is 4.94. The first-order valence-electron chi connectivity index (χ1n) is 5.91. The lowest BCUT2D eigenvalue weighted by Crippen LogP contribution is -2.49. The van der Waals surface area contributed by atoms with E-state index in [0.717, 1.165) is 12.5 Å². The van der Waals surface area contributed by atoms with Gasteiger partial charge in [0.25, 0.3) is 0 Å². The Bertz CT molecular complexity index is 345. The lowest BCUT2D eigenvalue weighted by molar-refractivity contribution is 0.136. The van der Waals surface area contributed by atoms with Gasteiger partial charge in [-0.25, -0.2) is 0 Å². The van der Waals surface area contributed by atoms with Crippen LogP contribution in [0.3, 0.4) is 0 Å². The van der Waals surface area contributed by atoms with E-state index in [1.54, 1.807) is 5.56 Å². The molecule has 1 fully saturated rings. The molecule has 1 aliphatic rings. The highest BCUT2D eigenvalue weighted by Crippen LogP contribution is 2.49. The molecular weight excluding hydrogens is 182 g/mol. The standard InChI is InChI=1S/C14H21N/c1-11-6-4-5-7-13(11)14(10-15-3)9-8-12(14)2/h4-7,12,15H,8-10H2,1-3H3. The summed E-state index contributed by atoms with van der Waals surface area (Å²) in [5.41, 5.74) is 3.40. The number of likely N-dealkylation sites (N-methyl/N-ethyl adjacent to an activating group) is 1. The van der Waals surface area contributed by atoms with Crippen LogP contribution in [-0.2, 0) is 5.41 Å². The van der Waals surface area contributed by atoms with E-state index in [1.165, 1.54) is 18.4 Å². The van der Waals surface area contributed by atoms with Gasteiger partial charge in [0, 0.05) is 12.0 Å². The highest BCUT2D eigenvalue weighted by molar-refractivity contribution is 5.36. The fourth-order valence-electron chi connectivity index (χ4n) is 2.99. The summed E-state index contributed by atoms with van der Waals surface area (Å²) in [6.45, 7) is 5.73. The largest absolute Gasteiger partial charge is 0.319 e. The number of hydrogen-bond acceptors (Lipinski definition) is 1. The van der Waals surface area contributed by atoms with E-state index in [0.29, 0.717) is 5.41 Å². The van der Waals surface area contributed by atoms with Gasteiger partial charge < -0.3 is 5.32 Å². The quantitative estimate of drug-likeness (QED) is 0.796. The van der Waals surface area contributed by atoms with Crippen LogP contribution < -0.4 is 5.32 Å². The Morgan fingerprint density at radius 2 is 2.13 bits per heavy atom. The normalized spacial score (nSPS) is 29.9. The first-order valence-corrected chi connectivity index (χ1v) is 5.91. The molecule has 2 rings (SSSR count). The molecule has 0 saturated heterocycles. The molecule has 1 aromatic rings. The van der Waals surface area contributed by atoms with Crippen molar-refractivity contribution in [2.75, 3.05) is 13.6 Å². The van der Waals surface area contributed by atoms with Crippen LogP contribution in [0.25, 0.3) is 0 Å². The number of aryl methyl sites for hydroxylation is 1. The minimum absolute atomic E-state index is 0.403. The summed E-state index contributed by atoms with van der Waals surface area (Å²) in [5, 5.41) is 3.37. The molecule has 1 nitrogen and oxygen atoms in total. The van der Waals surface area contributed by atoms with E-state index in [-0.39, 0.29) is 0 Å². The fraction of sp³-hybridized carbons (Fsp3) is 0.571. The highest BCUT2D eigenvalue weighted by Gasteiger charge is 2.45. The van der Waals surface area contributed by atoms with Gasteiger partial charge in [-0.05, 0) is 43.9 Å². The molecule has 0 aliphatic heterocycles. The first kappa shape index (κ1) is 10.7. The van der Waals surface area contributed by atoms with E-state index < -0.39 is 0 Å². The van der Waals surface area contributed by atoms with Gasteiger partial charge in [0.2, 0.25) is 0 Å². The molecule has 0 aromatic heterocycles. The zero-order chi connectivity index (χ0) is 10.9. The van der Waals surface area contributed by atoms with Crippen molar-refractivity contribution < 1.29 is 0 Å². The van der Waals surface area contributed by atoms with E-state index >= 15 is 0 Å². The summed E-state index contributed by atoms with van der Waals surface area (Å²) in [5.74, 6) is 0.811. The SMILES string of the molecule is CNCC1(c2ccccc2C)CCC1C. The Balaban J connectivity index is 2.37. The van der Waals surface area contributed by atoms with Crippen LogP contribution >= 0.6 is 0 Å². The zero-order valence-electron chi connectivity index (χ0n) is 10.0. The van der Waals surface area contributed by atoms with Crippen LogP contribution in [0.5, 0.6) is 0 Å². The molecule has 82 valence electrons. The molecule has 2 atom stereocenters. The molecule has 0 spiro atoms. The monoisotopic (exact) mass is 203 g/mol. The zero-order valence-corrected chi connectivity index (χ0v) is 10.0. The third kappa shape index (κ3) is 1.59. The molecule has 1 heteroatoms. The highest BCUT2D eigenvalue weighted by atomic mass is 14.8. The molecule has 1 aromatic carbocycles. The van der Waals surface area contributed by atoms with E-state index in [4.69, 9.17) is 0 Å². The Hall–Kier alpha value is -0.820. The van der Waals surface area contributed by atoms with Crippen molar-refractivity contribution in [3.8, 4) is 0 Å². The number of nitrogens with one attached hydrogen (secondary N) is 1. The van der Waals surface area contributed by atoms with Crippen molar-refractivity contribution in [3.05, 3.63) is 35.4 Å². The molecule has 0 amide bonds. The fourth-order valence-corrected chi connectivity index (χ4v) is 2.99. The maximum Gasteiger partial charge on any atom is 0.0106 e. The molecule has 2 unspecified atom stereocenters. The van der Waals surface area contributed by atoms with Crippen molar-refractivity contribution in [3.63, 3.8) is 0 Å². The smallest absolute Gasteiger partial charge is 0.0106 e. The van der Waals surface area contributed by atoms with Crippen LogP contribution in [0, 0.1) is 12.8 Å². The van der Waals surface area contributed by atoms with Crippen molar-refractivity contribution in [2.45, 2.75) is 32.1 Å². The molecule has 0 heterocycles. The molecule has 1 N–H and O–H groups in total. The molecule has 0 radical (unpaired) electrons. The van der Waals surface area contributed by atoms with Gasteiger partial charge in [-0.3, -0.25) is 0 Å². The van der Waals surface area contributed by atoms with Gasteiger partial charge in [-0.15, -0.1) is 0 Å². The van der Waals surface area contributed by atoms with Crippen molar-refractivity contribution in [1.82, 2.24) is 5.32 Å². The average molecular weight is 203 g/mol. The summed E-state index contributed by atoms with van der Waals surface area (Å²) < 4.78 is 0. The Kier molecular flexibility index (Phi) is 2.83. The van der Waals surface area contributed by atoms with E-state index in [2.05, 4.69) is 50.5 Å². The maximum absolute atomic E-state index is 3.37. The second kappa shape index (κ2) is 3.97. The molecular formula is C14H21N. The summed E-state index contributed by atoms with van der Waals surface area (Å²) in [4.78, 5) is 0. The van der Waals surface area contributed by atoms with Gasteiger partial charge in [-0.2, -0.15) is 0 Å². The average Bonchev–Trinajstić information content (AvgIpc) is 2.25. The van der Waals surface area contributed by atoms with Gasteiger partial charge in [-0.1, -0.05) is 31.2 Å². The van der Waals surface area contributed by atoms with Crippen molar-refractivity contribution >= 4 is 0 Å². The third-order valence-electron chi connectivity index (χ3n) is 4.14. The van der Waals surface area contributed by atoms with Crippen LogP contribution in [-0.4, -0.2) is 13.6 Å². The summed E-state index contributed by atoms with van der Waals surface area (Å²) in [7, 11) is 2.06. The van der Waals surface area contributed by atoms with Crippen LogP contribution in [0.15, 0.2) is 24.3 Å². The van der Waals surface area contributed by atoms with Crippen molar-refractivity contribution in [1.29, 1.82) is 0 Å². The van der Waals surface area contributed by atoms with Crippen LogP contribution in [0.2, 0.25) is 0 Å². The van der Waals surface area contributed by atoms with Gasteiger partial charge >= 0.3 is 0 Å². The number of hydrogen-bond donors (Lipinski definition) is 1. The maximum atomic E-state index is 3.37. The Morgan fingerprint density at radius 1 is 1.40 bits per heavy atom. The predicted molar refractivity (Wildman–Crippen MR) is 65.2 cm³/mol. The molecule has 1 aliphatic carbocycles. The third-order valence-corrected chi connectivity index (χ3v) is 4.14. The lowest BCUT2D eigenvalue weighted by Gasteiger charge is -2.49. The van der Waals surface area contributed by atoms with Crippen molar-refractivity contribution in [2.24, 2.45) is 5.92 Å². The van der Waals surface area contributed by atoms with E-state index in [1.807, 2.05) is 0 Å². The van der Waals surface area contributed by atoms with E-state index in [9.17, 15) is 0 Å². The summed E-state index contributed by atoms with van der Waals surface area (Å²) in [6, 6.07) is 8.85. The topological polar surface area (TPSA) is 12.0 Å². The molecule has 0 bridgehead atoms. The number of benzene rings is 1. The minimum atomic E-state index is 0.403. The first-order chi connectivity index (χ1) is 7.20. The molecule has 1 saturated carbocycles. The summed E-state index contributed by atoms with van der Waals surface area (Å²) >= 11 is 0. The van der Waals surface area contributed by atoms with Gasteiger partial charge in [0.05, 0.1) is 0 Å². The van der Waals surface area contributed by atoms with Crippen LogP contribution in [0.4, 0.5) is 0 Å². The second-order valence-corrected chi connectivity index (χ2v) is 4.94. The van der Waals surface area contributed by atoms with Gasteiger partial charge in [0.1, 0.15) is 0 Å².